The summed E-state index contributed by atoms with van der Waals surface area (Å²) in [4.78, 5) is 11.1. The lowest BCUT2D eigenvalue weighted by molar-refractivity contribution is -0.119. The van der Waals surface area contributed by atoms with Gasteiger partial charge in [-0.25, -0.2) is 0 Å². The van der Waals surface area contributed by atoms with Gasteiger partial charge in [-0.2, -0.15) is 0 Å². The van der Waals surface area contributed by atoms with E-state index in [0.717, 1.165) is 38.9 Å². The molecule has 0 unspecified atom stereocenters. The second kappa shape index (κ2) is 8.72. The van der Waals surface area contributed by atoms with E-state index in [1.165, 1.54) is 0 Å². The fraction of sp³-hybridized carbons (Fsp3) is 0.900. The van der Waals surface area contributed by atoms with Crippen molar-refractivity contribution in [2.24, 2.45) is 0 Å². The quantitative estimate of drug-likeness (QED) is 0.526. The van der Waals surface area contributed by atoms with Gasteiger partial charge in [0.1, 0.15) is 5.78 Å². The van der Waals surface area contributed by atoms with Crippen molar-refractivity contribution in [2.75, 3.05) is 13.2 Å². The Kier molecular flexibility index (Phi) is 8.46. The molecule has 0 aromatic heterocycles. The highest BCUT2D eigenvalue weighted by molar-refractivity contribution is 5.78. The third-order valence-electron chi connectivity index (χ3n) is 1.76. The number of hydrogen-bond acceptors (Lipinski definition) is 2. The summed E-state index contributed by atoms with van der Waals surface area (Å²) in [6, 6.07) is 0. The molecule has 0 N–H and O–H groups in total. The number of Topliss-reactive ketones (excluding diaryl/α,β-unsaturated/α-hetero) is 1. The summed E-state index contributed by atoms with van der Waals surface area (Å²) in [5, 5.41) is 0. The molecule has 12 heavy (non-hydrogen) atoms. The zero-order chi connectivity index (χ0) is 9.23. The predicted molar refractivity (Wildman–Crippen MR) is 50.3 cm³/mol. The van der Waals surface area contributed by atoms with Crippen molar-refractivity contribution in [1.82, 2.24) is 0 Å². The summed E-state index contributed by atoms with van der Waals surface area (Å²) in [5.41, 5.74) is 0. The number of ether oxygens (including phenoxy) is 1. The minimum Gasteiger partial charge on any atom is -0.382 e. The van der Waals surface area contributed by atoms with Crippen LogP contribution in [0.3, 0.4) is 0 Å². The molecule has 0 aromatic carbocycles. The van der Waals surface area contributed by atoms with Gasteiger partial charge >= 0.3 is 0 Å². The molecule has 0 atom stereocenters. The van der Waals surface area contributed by atoms with Crippen molar-refractivity contribution in [1.29, 1.82) is 0 Å². The summed E-state index contributed by atoms with van der Waals surface area (Å²) in [6.07, 6.45) is 4.48. The topological polar surface area (TPSA) is 26.3 Å². The normalized spacial score (nSPS) is 10.2. The average molecular weight is 172 g/mol. The monoisotopic (exact) mass is 172 g/mol. The molecule has 0 aromatic rings. The van der Waals surface area contributed by atoms with Crippen LogP contribution in [0.25, 0.3) is 0 Å². The van der Waals surface area contributed by atoms with E-state index in [9.17, 15) is 4.79 Å². The number of ketones is 1. The molecule has 0 rings (SSSR count). The van der Waals surface area contributed by atoms with Crippen molar-refractivity contribution in [3.05, 3.63) is 0 Å². The first kappa shape index (κ1) is 11.6. The van der Waals surface area contributed by atoms with E-state index in [1.54, 1.807) is 0 Å². The maximum absolute atomic E-state index is 11.1. The molecular formula is C10H20O2. The first-order valence-corrected chi connectivity index (χ1v) is 4.90. The molecule has 72 valence electrons. The van der Waals surface area contributed by atoms with Crippen molar-refractivity contribution >= 4 is 5.78 Å². The van der Waals surface area contributed by atoms with Crippen LogP contribution in [-0.2, 0) is 9.53 Å². The van der Waals surface area contributed by atoms with Crippen LogP contribution in [0.1, 0.15) is 46.0 Å². The van der Waals surface area contributed by atoms with Crippen LogP contribution in [0.5, 0.6) is 0 Å². The highest BCUT2D eigenvalue weighted by Crippen LogP contribution is 2.01. The Morgan fingerprint density at radius 3 is 2.42 bits per heavy atom. The van der Waals surface area contributed by atoms with Crippen molar-refractivity contribution in [2.45, 2.75) is 46.0 Å². The predicted octanol–water partition coefficient (Wildman–Crippen LogP) is 2.56. The van der Waals surface area contributed by atoms with Crippen molar-refractivity contribution in [3.8, 4) is 0 Å². The smallest absolute Gasteiger partial charge is 0.132 e. The van der Waals surface area contributed by atoms with Gasteiger partial charge in [0, 0.05) is 26.1 Å². The van der Waals surface area contributed by atoms with Crippen LogP contribution in [0, 0.1) is 0 Å². The molecule has 0 spiro atoms. The first-order valence-electron chi connectivity index (χ1n) is 4.90. The lowest BCUT2D eigenvalue weighted by Crippen LogP contribution is -2.01. The molecule has 0 aliphatic heterocycles. The Balaban J connectivity index is 3.08. The Morgan fingerprint density at radius 2 is 1.83 bits per heavy atom. The van der Waals surface area contributed by atoms with Crippen LogP contribution in [0.2, 0.25) is 0 Å². The van der Waals surface area contributed by atoms with E-state index in [2.05, 4.69) is 6.92 Å². The van der Waals surface area contributed by atoms with Gasteiger partial charge in [-0.15, -0.1) is 0 Å². The molecule has 2 heteroatoms. The van der Waals surface area contributed by atoms with Gasteiger partial charge in [-0.1, -0.05) is 13.3 Å². The maximum Gasteiger partial charge on any atom is 0.132 e. The zero-order valence-electron chi connectivity index (χ0n) is 8.27. The summed E-state index contributed by atoms with van der Waals surface area (Å²) in [5.74, 6) is 0.386. The minimum absolute atomic E-state index is 0.386. The third-order valence-corrected chi connectivity index (χ3v) is 1.76. The van der Waals surface area contributed by atoms with Crippen LogP contribution in [0.15, 0.2) is 0 Å². The van der Waals surface area contributed by atoms with Crippen LogP contribution in [0.4, 0.5) is 0 Å². The Morgan fingerprint density at radius 1 is 1.17 bits per heavy atom. The van der Waals surface area contributed by atoms with Crippen LogP contribution >= 0.6 is 0 Å². The molecular weight excluding hydrogens is 152 g/mol. The van der Waals surface area contributed by atoms with E-state index in [4.69, 9.17) is 4.74 Å². The Bertz CT molecular complexity index is 110. The molecule has 0 fully saturated rings. The standard InChI is InChI=1S/C10H20O2/c1-3-5-7-10(11)8-6-9-12-4-2/h3-9H2,1-2H3. The SMILES string of the molecule is CCCCC(=O)CCCOCC. The summed E-state index contributed by atoms with van der Waals surface area (Å²) < 4.78 is 5.14. The molecule has 0 radical (unpaired) electrons. The van der Waals surface area contributed by atoms with E-state index < -0.39 is 0 Å². The third kappa shape index (κ3) is 7.73. The second-order valence-electron chi connectivity index (χ2n) is 2.94. The van der Waals surface area contributed by atoms with E-state index >= 15 is 0 Å². The maximum atomic E-state index is 11.1. The number of carbonyl (C=O) groups is 1. The van der Waals surface area contributed by atoms with Gasteiger partial charge < -0.3 is 4.74 Å². The molecule has 0 bridgehead atoms. The van der Waals surface area contributed by atoms with Gasteiger partial charge in [0.2, 0.25) is 0 Å². The molecule has 0 heterocycles. The highest BCUT2D eigenvalue weighted by atomic mass is 16.5. The van der Waals surface area contributed by atoms with E-state index in [-0.39, 0.29) is 0 Å². The molecule has 0 amide bonds. The molecule has 0 saturated carbocycles. The van der Waals surface area contributed by atoms with Crippen molar-refractivity contribution in [3.63, 3.8) is 0 Å². The molecule has 0 aliphatic carbocycles. The van der Waals surface area contributed by atoms with E-state index in [1.807, 2.05) is 6.92 Å². The lowest BCUT2D eigenvalue weighted by Gasteiger charge is -2.00. The number of unbranched alkanes of at least 4 members (excludes halogenated alkanes) is 1. The summed E-state index contributed by atoms with van der Waals surface area (Å²) in [6.45, 7) is 5.56. The zero-order valence-corrected chi connectivity index (χ0v) is 8.27. The second-order valence-corrected chi connectivity index (χ2v) is 2.94. The lowest BCUT2D eigenvalue weighted by atomic mass is 10.1. The number of hydrogen-bond donors (Lipinski definition) is 0. The largest absolute Gasteiger partial charge is 0.382 e. The van der Waals surface area contributed by atoms with Crippen LogP contribution in [-0.4, -0.2) is 19.0 Å². The average Bonchev–Trinajstić information content (AvgIpc) is 2.09. The Hall–Kier alpha value is -0.370. The van der Waals surface area contributed by atoms with Gasteiger partial charge in [0.05, 0.1) is 0 Å². The fourth-order valence-electron chi connectivity index (χ4n) is 1.01. The molecule has 0 saturated heterocycles. The molecule has 2 nitrogen and oxygen atoms in total. The first-order chi connectivity index (χ1) is 5.81. The van der Waals surface area contributed by atoms with Gasteiger partial charge in [-0.3, -0.25) is 4.79 Å². The summed E-state index contributed by atoms with van der Waals surface area (Å²) in [7, 11) is 0. The number of rotatable bonds is 8. The van der Waals surface area contributed by atoms with Gasteiger partial charge in [-0.05, 0) is 19.8 Å². The van der Waals surface area contributed by atoms with Crippen molar-refractivity contribution < 1.29 is 9.53 Å². The number of carbonyl (C=O) groups excluding carboxylic acids is 1. The highest BCUT2D eigenvalue weighted by Gasteiger charge is 1.99. The van der Waals surface area contributed by atoms with Gasteiger partial charge in [0.25, 0.3) is 0 Å². The van der Waals surface area contributed by atoms with Gasteiger partial charge in [0.15, 0.2) is 0 Å². The molecule has 0 aliphatic rings. The van der Waals surface area contributed by atoms with E-state index in [0.29, 0.717) is 12.2 Å². The minimum atomic E-state index is 0.386. The Labute approximate surface area is 75.3 Å². The fourth-order valence-corrected chi connectivity index (χ4v) is 1.01. The van der Waals surface area contributed by atoms with Crippen LogP contribution < -0.4 is 0 Å². The summed E-state index contributed by atoms with van der Waals surface area (Å²) >= 11 is 0.